The van der Waals surface area contributed by atoms with Crippen molar-refractivity contribution >= 4 is 17.7 Å². The third-order valence-electron chi connectivity index (χ3n) is 1.35. The number of aromatic nitrogens is 1. The zero-order valence-corrected chi connectivity index (χ0v) is 8.00. The number of amides is 1. The molecular formula is C7H11N3O2S. The molecule has 0 saturated carbocycles. The number of rotatable bonds is 4. The lowest BCUT2D eigenvalue weighted by Gasteiger charge is -2.03. The van der Waals surface area contributed by atoms with Gasteiger partial charge in [-0.2, -0.15) is 0 Å². The quantitative estimate of drug-likeness (QED) is 0.662. The van der Waals surface area contributed by atoms with E-state index in [1.54, 1.807) is 0 Å². The van der Waals surface area contributed by atoms with E-state index in [1.165, 1.54) is 18.0 Å². The molecule has 1 unspecified atom stereocenters. The number of oxazole rings is 1. The fourth-order valence-corrected chi connectivity index (χ4v) is 1.45. The Balaban J connectivity index is 2.39. The third kappa shape index (κ3) is 3.08. The summed E-state index contributed by atoms with van der Waals surface area (Å²) in [5.41, 5.74) is 11.2. The van der Waals surface area contributed by atoms with Gasteiger partial charge in [-0.1, -0.05) is 11.8 Å². The van der Waals surface area contributed by atoms with Gasteiger partial charge in [-0.25, -0.2) is 4.98 Å². The van der Waals surface area contributed by atoms with Gasteiger partial charge in [0.1, 0.15) is 6.26 Å². The molecule has 1 atom stereocenters. The second kappa shape index (κ2) is 4.29. The Bertz CT molecular complexity index is 300. The standard InChI is InChI=1S/C7H11N3O2S/c1-4-2-12-7(10-4)13-3-5(8)6(9)11/h2,5H,3,8H2,1H3,(H2,9,11). The number of carbonyl (C=O) groups is 1. The highest BCUT2D eigenvalue weighted by Crippen LogP contribution is 2.16. The van der Waals surface area contributed by atoms with Crippen molar-refractivity contribution in [3.05, 3.63) is 12.0 Å². The fourth-order valence-electron chi connectivity index (χ4n) is 0.642. The van der Waals surface area contributed by atoms with E-state index in [0.717, 1.165) is 5.69 Å². The number of primary amides is 1. The van der Waals surface area contributed by atoms with Crippen molar-refractivity contribution in [2.24, 2.45) is 11.5 Å². The number of carbonyl (C=O) groups excluding carboxylic acids is 1. The van der Waals surface area contributed by atoms with E-state index in [4.69, 9.17) is 15.9 Å². The van der Waals surface area contributed by atoms with Crippen LogP contribution >= 0.6 is 11.8 Å². The number of nitrogens with two attached hydrogens (primary N) is 2. The average molecular weight is 201 g/mol. The van der Waals surface area contributed by atoms with Gasteiger partial charge in [-0.05, 0) is 6.92 Å². The maximum absolute atomic E-state index is 10.6. The molecule has 0 bridgehead atoms. The van der Waals surface area contributed by atoms with Gasteiger partial charge < -0.3 is 15.9 Å². The number of nitrogens with zero attached hydrogens (tertiary/aromatic N) is 1. The first-order chi connectivity index (χ1) is 6.09. The zero-order chi connectivity index (χ0) is 9.84. The van der Waals surface area contributed by atoms with E-state index in [0.29, 0.717) is 11.0 Å². The van der Waals surface area contributed by atoms with E-state index in [-0.39, 0.29) is 0 Å². The molecule has 72 valence electrons. The molecule has 0 aliphatic carbocycles. The van der Waals surface area contributed by atoms with Crippen LogP contribution in [0.1, 0.15) is 5.69 Å². The minimum absolute atomic E-state index is 0.384. The van der Waals surface area contributed by atoms with Gasteiger partial charge in [-0.15, -0.1) is 0 Å². The first-order valence-corrected chi connectivity index (χ1v) is 4.68. The highest BCUT2D eigenvalue weighted by molar-refractivity contribution is 7.99. The maximum Gasteiger partial charge on any atom is 0.255 e. The second-order valence-electron chi connectivity index (χ2n) is 2.57. The molecule has 1 aromatic heterocycles. The lowest BCUT2D eigenvalue weighted by molar-refractivity contribution is -0.118. The molecule has 0 aliphatic rings. The van der Waals surface area contributed by atoms with Gasteiger partial charge in [-0.3, -0.25) is 4.79 Å². The molecule has 1 heterocycles. The summed E-state index contributed by atoms with van der Waals surface area (Å²) >= 11 is 1.27. The highest BCUT2D eigenvalue weighted by atomic mass is 32.2. The van der Waals surface area contributed by atoms with Crippen molar-refractivity contribution in [2.75, 3.05) is 5.75 Å². The van der Waals surface area contributed by atoms with Crippen molar-refractivity contribution in [1.82, 2.24) is 4.98 Å². The summed E-state index contributed by atoms with van der Waals surface area (Å²) in [6.07, 6.45) is 1.54. The monoisotopic (exact) mass is 201 g/mol. The van der Waals surface area contributed by atoms with Crippen LogP contribution in [0.4, 0.5) is 0 Å². The molecule has 4 N–H and O–H groups in total. The minimum atomic E-state index is -0.655. The number of hydrogen-bond donors (Lipinski definition) is 2. The van der Waals surface area contributed by atoms with Crippen LogP contribution < -0.4 is 11.5 Å². The van der Waals surface area contributed by atoms with Gasteiger partial charge in [0.25, 0.3) is 5.22 Å². The first-order valence-electron chi connectivity index (χ1n) is 3.69. The van der Waals surface area contributed by atoms with Gasteiger partial charge in [0.2, 0.25) is 5.91 Å². The summed E-state index contributed by atoms with van der Waals surface area (Å²) < 4.78 is 5.04. The molecule has 1 rings (SSSR count). The van der Waals surface area contributed by atoms with E-state index < -0.39 is 11.9 Å². The number of thioether (sulfide) groups is 1. The Labute approximate surface area is 79.9 Å². The molecule has 1 amide bonds. The van der Waals surface area contributed by atoms with Crippen LogP contribution in [-0.4, -0.2) is 22.7 Å². The smallest absolute Gasteiger partial charge is 0.255 e. The van der Waals surface area contributed by atoms with Gasteiger partial charge in [0, 0.05) is 5.75 Å². The highest BCUT2D eigenvalue weighted by Gasteiger charge is 2.11. The fraction of sp³-hybridized carbons (Fsp3) is 0.429. The first kappa shape index (κ1) is 10.1. The summed E-state index contributed by atoms with van der Waals surface area (Å²) in [6, 6.07) is -0.655. The molecule has 1 aromatic rings. The molecular weight excluding hydrogens is 190 g/mol. The SMILES string of the molecule is Cc1coc(SCC(N)C(N)=O)n1. The van der Waals surface area contributed by atoms with Gasteiger partial charge in [0.15, 0.2) is 0 Å². The molecule has 13 heavy (non-hydrogen) atoms. The van der Waals surface area contributed by atoms with Crippen molar-refractivity contribution in [3.63, 3.8) is 0 Å². The van der Waals surface area contributed by atoms with Gasteiger partial charge >= 0.3 is 0 Å². The molecule has 0 spiro atoms. The summed E-state index contributed by atoms with van der Waals surface area (Å²) in [4.78, 5) is 14.6. The van der Waals surface area contributed by atoms with Crippen LogP contribution in [0.15, 0.2) is 15.9 Å². The molecule has 0 fully saturated rings. The molecule has 0 radical (unpaired) electrons. The Hall–Kier alpha value is -1.01. The van der Waals surface area contributed by atoms with E-state index >= 15 is 0 Å². The van der Waals surface area contributed by atoms with Crippen LogP contribution in [0.2, 0.25) is 0 Å². The number of hydrogen-bond acceptors (Lipinski definition) is 5. The lowest BCUT2D eigenvalue weighted by Crippen LogP contribution is -2.38. The van der Waals surface area contributed by atoms with Crippen LogP contribution in [0.3, 0.4) is 0 Å². The van der Waals surface area contributed by atoms with Crippen molar-refractivity contribution in [3.8, 4) is 0 Å². The Morgan fingerprint density at radius 3 is 3.00 bits per heavy atom. The normalized spacial score (nSPS) is 12.8. The molecule has 5 nitrogen and oxygen atoms in total. The summed E-state index contributed by atoms with van der Waals surface area (Å²) in [6.45, 7) is 1.82. The predicted molar refractivity (Wildman–Crippen MR) is 49.1 cm³/mol. The van der Waals surface area contributed by atoms with Crippen LogP contribution in [0, 0.1) is 6.92 Å². The maximum atomic E-state index is 10.6. The molecule has 0 aliphatic heterocycles. The van der Waals surface area contributed by atoms with Gasteiger partial charge in [0.05, 0.1) is 11.7 Å². The lowest BCUT2D eigenvalue weighted by atomic mass is 10.3. The Morgan fingerprint density at radius 1 is 1.85 bits per heavy atom. The largest absolute Gasteiger partial charge is 0.440 e. The van der Waals surface area contributed by atoms with Crippen LogP contribution in [0.25, 0.3) is 0 Å². The van der Waals surface area contributed by atoms with Crippen molar-refractivity contribution in [1.29, 1.82) is 0 Å². The Morgan fingerprint density at radius 2 is 2.54 bits per heavy atom. The zero-order valence-electron chi connectivity index (χ0n) is 7.19. The van der Waals surface area contributed by atoms with E-state index in [2.05, 4.69) is 4.98 Å². The second-order valence-corrected chi connectivity index (χ2v) is 3.55. The summed E-state index contributed by atoms with van der Waals surface area (Å²) in [7, 11) is 0. The molecule has 0 aromatic carbocycles. The average Bonchev–Trinajstić information content (AvgIpc) is 2.47. The minimum Gasteiger partial charge on any atom is -0.440 e. The Kier molecular flexibility index (Phi) is 3.32. The topological polar surface area (TPSA) is 95.1 Å². The summed E-state index contributed by atoms with van der Waals surface area (Å²) in [5, 5.41) is 0.509. The van der Waals surface area contributed by atoms with E-state index in [1.807, 2.05) is 6.92 Å². The summed E-state index contributed by atoms with van der Waals surface area (Å²) in [5.74, 6) is -0.134. The van der Waals surface area contributed by atoms with Crippen LogP contribution in [0.5, 0.6) is 0 Å². The van der Waals surface area contributed by atoms with E-state index in [9.17, 15) is 4.79 Å². The van der Waals surface area contributed by atoms with Crippen molar-refractivity contribution in [2.45, 2.75) is 18.2 Å². The third-order valence-corrected chi connectivity index (χ3v) is 2.31. The predicted octanol–water partition coefficient (Wildman–Crippen LogP) is -0.112. The van der Waals surface area contributed by atoms with Crippen molar-refractivity contribution < 1.29 is 9.21 Å². The molecule has 6 heteroatoms. The molecule has 0 saturated heterocycles. The van der Waals surface area contributed by atoms with Crippen LogP contribution in [-0.2, 0) is 4.79 Å². The number of aryl methyl sites for hydroxylation is 1.